The van der Waals surface area contributed by atoms with E-state index in [0.29, 0.717) is 6.79 Å². The number of rotatable bonds is 4. The molecule has 0 unspecified atom stereocenters. The van der Waals surface area contributed by atoms with Crippen LogP contribution in [0.2, 0.25) is 0 Å². The summed E-state index contributed by atoms with van der Waals surface area (Å²) >= 11 is 1.85. The number of ether oxygens (including phenoxy) is 2. The minimum atomic E-state index is -1.82. The maximum Gasteiger partial charge on any atom is 0.414 e. The minimum Gasteiger partial charge on any atom is -0.473 e. The number of benzene rings is 1. The molecule has 0 saturated carbocycles. The summed E-state index contributed by atoms with van der Waals surface area (Å²) in [5.41, 5.74) is 2.71. The Kier molecular flexibility index (Phi) is 6.40. The lowest BCUT2D eigenvalue weighted by molar-refractivity contribution is -0.159. The summed E-state index contributed by atoms with van der Waals surface area (Å²) in [6.45, 7) is 3.12. The van der Waals surface area contributed by atoms with Crippen LogP contribution in [0.3, 0.4) is 0 Å². The predicted molar refractivity (Wildman–Crippen MR) is 119 cm³/mol. The number of thiophene rings is 1. The Morgan fingerprint density at radius 1 is 1.09 bits per heavy atom. The van der Waals surface area contributed by atoms with E-state index in [-0.39, 0.29) is 0 Å². The lowest BCUT2D eigenvalue weighted by Crippen LogP contribution is -2.09. The molecule has 9 nitrogen and oxygen atoms in total. The number of hydrogen-bond donors (Lipinski definition) is 3. The first-order valence-corrected chi connectivity index (χ1v) is 11.1. The number of aliphatic carboxylic acids is 2. The van der Waals surface area contributed by atoms with E-state index < -0.39 is 11.9 Å². The highest BCUT2D eigenvalue weighted by Crippen LogP contribution is 2.38. The Labute approximate surface area is 188 Å². The second-order valence-electron chi connectivity index (χ2n) is 7.49. The van der Waals surface area contributed by atoms with Crippen molar-refractivity contribution >= 4 is 39.3 Å². The molecule has 0 bridgehead atoms. The van der Waals surface area contributed by atoms with E-state index in [9.17, 15) is 0 Å². The number of carboxylic acid groups (broad SMARTS) is 2. The van der Waals surface area contributed by atoms with Crippen molar-refractivity contribution in [3.05, 3.63) is 40.0 Å². The first-order chi connectivity index (χ1) is 15.4. The maximum absolute atomic E-state index is 9.10. The normalized spacial score (nSPS) is 13.8. The van der Waals surface area contributed by atoms with Gasteiger partial charge in [0.25, 0.3) is 0 Å². The van der Waals surface area contributed by atoms with Crippen LogP contribution in [0.5, 0.6) is 11.5 Å². The number of carboxylic acids is 2. The molecule has 168 valence electrons. The summed E-state index contributed by atoms with van der Waals surface area (Å²) < 4.78 is 10.8. The number of nitrogens with zero attached hydrogens (tertiary/aromatic N) is 2. The first kappa shape index (κ1) is 21.8. The second kappa shape index (κ2) is 9.39. The van der Waals surface area contributed by atoms with Crippen LogP contribution < -0.4 is 14.8 Å². The minimum absolute atomic E-state index is 0.318. The fraction of sp³-hybridized carbons (Fsp3) is 0.364. The highest BCUT2D eigenvalue weighted by molar-refractivity contribution is 7.19. The van der Waals surface area contributed by atoms with Crippen LogP contribution in [0.15, 0.2) is 18.2 Å². The monoisotopic (exact) mass is 457 g/mol. The molecule has 2 aliphatic rings. The van der Waals surface area contributed by atoms with Gasteiger partial charge < -0.3 is 25.0 Å². The Bertz CT molecular complexity index is 1160. The molecular weight excluding hydrogens is 434 g/mol. The standard InChI is InChI=1S/C20H21N3O2S.C2H2O4/c1-12-22-19(18-14-4-2-3-5-17(14)26-20(18)23-12)21-9-8-13-6-7-15-16(10-13)25-11-24-15;3-1(4)2(5)6/h6-7,10H,2-5,8-9,11H2,1H3,(H,21,22,23);(H,3,4)(H,5,6). The molecule has 3 heterocycles. The summed E-state index contributed by atoms with van der Waals surface area (Å²) in [7, 11) is 0. The average Bonchev–Trinajstić information content (AvgIpc) is 3.37. The van der Waals surface area contributed by atoms with Crippen LogP contribution in [-0.2, 0) is 28.9 Å². The molecule has 1 aliphatic carbocycles. The zero-order valence-corrected chi connectivity index (χ0v) is 18.3. The zero-order chi connectivity index (χ0) is 22.7. The van der Waals surface area contributed by atoms with Gasteiger partial charge in [0.1, 0.15) is 16.5 Å². The van der Waals surface area contributed by atoms with Gasteiger partial charge in [-0.3, -0.25) is 0 Å². The summed E-state index contributed by atoms with van der Waals surface area (Å²) in [6, 6.07) is 6.15. The summed E-state index contributed by atoms with van der Waals surface area (Å²) in [5, 5.41) is 19.6. The molecule has 0 radical (unpaired) electrons. The van der Waals surface area contributed by atoms with Crippen molar-refractivity contribution in [3.63, 3.8) is 0 Å². The Hall–Kier alpha value is -3.40. The number of anilines is 1. The number of aryl methyl sites for hydroxylation is 3. The lowest BCUT2D eigenvalue weighted by Gasteiger charge is -2.13. The Morgan fingerprint density at radius 3 is 2.62 bits per heavy atom. The van der Waals surface area contributed by atoms with Gasteiger partial charge in [0.15, 0.2) is 11.5 Å². The largest absolute Gasteiger partial charge is 0.473 e. The van der Waals surface area contributed by atoms with E-state index >= 15 is 0 Å². The summed E-state index contributed by atoms with van der Waals surface area (Å²) in [4.78, 5) is 30.2. The molecule has 0 fully saturated rings. The molecule has 3 N–H and O–H groups in total. The molecule has 0 saturated heterocycles. The van der Waals surface area contributed by atoms with Crippen LogP contribution in [0.1, 0.15) is 34.7 Å². The Balaban J connectivity index is 0.000000363. The van der Waals surface area contributed by atoms with Crippen molar-refractivity contribution in [2.45, 2.75) is 39.0 Å². The fourth-order valence-electron chi connectivity index (χ4n) is 3.81. The molecule has 1 aliphatic heterocycles. The third-order valence-corrected chi connectivity index (χ3v) is 6.44. The van der Waals surface area contributed by atoms with Crippen molar-refractivity contribution < 1.29 is 29.3 Å². The molecule has 10 heteroatoms. The number of hydrogen-bond acceptors (Lipinski definition) is 8. The average molecular weight is 458 g/mol. The molecule has 0 spiro atoms. The van der Waals surface area contributed by atoms with Gasteiger partial charge >= 0.3 is 11.9 Å². The third-order valence-electron chi connectivity index (χ3n) is 5.25. The number of carbonyl (C=O) groups is 2. The molecule has 5 rings (SSSR count). The molecule has 32 heavy (non-hydrogen) atoms. The van der Waals surface area contributed by atoms with Gasteiger partial charge in [-0.2, -0.15) is 0 Å². The van der Waals surface area contributed by atoms with Gasteiger partial charge in [-0.1, -0.05) is 6.07 Å². The van der Waals surface area contributed by atoms with Gasteiger partial charge in [0, 0.05) is 11.4 Å². The van der Waals surface area contributed by atoms with E-state index in [0.717, 1.165) is 47.4 Å². The van der Waals surface area contributed by atoms with Crippen molar-refractivity contribution in [2.75, 3.05) is 18.7 Å². The van der Waals surface area contributed by atoms with Gasteiger partial charge in [-0.15, -0.1) is 11.3 Å². The molecule has 0 amide bonds. The topological polar surface area (TPSA) is 131 Å². The highest BCUT2D eigenvalue weighted by Gasteiger charge is 2.20. The smallest absolute Gasteiger partial charge is 0.414 e. The van der Waals surface area contributed by atoms with Crippen LogP contribution in [-0.4, -0.2) is 45.5 Å². The number of aromatic nitrogens is 2. The molecule has 1 aromatic carbocycles. The van der Waals surface area contributed by atoms with Crippen molar-refractivity contribution in [1.82, 2.24) is 9.97 Å². The summed E-state index contributed by atoms with van der Waals surface area (Å²) in [6.07, 6.45) is 5.81. The molecule has 2 aromatic heterocycles. The van der Waals surface area contributed by atoms with E-state index in [2.05, 4.69) is 22.4 Å². The van der Waals surface area contributed by atoms with Gasteiger partial charge in [0.05, 0.1) is 5.39 Å². The maximum atomic E-state index is 9.10. The first-order valence-electron chi connectivity index (χ1n) is 10.3. The van der Waals surface area contributed by atoms with E-state index in [1.807, 2.05) is 24.3 Å². The highest BCUT2D eigenvalue weighted by atomic mass is 32.1. The number of nitrogens with one attached hydrogen (secondary N) is 1. The lowest BCUT2D eigenvalue weighted by atomic mass is 9.97. The van der Waals surface area contributed by atoms with Crippen LogP contribution in [0.4, 0.5) is 5.82 Å². The molecular formula is C22H23N3O6S. The second-order valence-corrected chi connectivity index (χ2v) is 8.57. The van der Waals surface area contributed by atoms with Gasteiger partial charge in [-0.05, 0) is 62.3 Å². The SMILES string of the molecule is Cc1nc(NCCc2ccc3c(c2)OCO3)c2c3c(sc2n1)CCCC3.O=C(O)C(=O)O. The fourth-order valence-corrected chi connectivity index (χ4v) is 5.12. The van der Waals surface area contributed by atoms with E-state index in [1.165, 1.54) is 40.7 Å². The Morgan fingerprint density at radius 2 is 1.84 bits per heavy atom. The third kappa shape index (κ3) is 4.75. The van der Waals surface area contributed by atoms with Crippen molar-refractivity contribution in [1.29, 1.82) is 0 Å². The van der Waals surface area contributed by atoms with Crippen LogP contribution in [0, 0.1) is 6.92 Å². The zero-order valence-electron chi connectivity index (χ0n) is 17.5. The molecule has 0 atom stereocenters. The number of fused-ring (bicyclic) bond motifs is 4. The van der Waals surface area contributed by atoms with Gasteiger partial charge in [0.2, 0.25) is 6.79 Å². The van der Waals surface area contributed by atoms with Crippen LogP contribution in [0.25, 0.3) is 10.2 Å². The van der Waals surface area contributed by atoms with E-state index in [4.69, 9.17) is 34.3 Å². The predicted octanol–water partition coefficient (Wildman–Crippen LogP) is 3.42. The van der Waals surface area contributed by atoms with E-state index in [1.54, 1.807) is 0 Å². The summed E-state index contributed by atoms with van der Waals surface area (Å²) in [5.74, 6) is -0.145. The quantitative estimate of drug-likeness (QED) is 0.504. The van der Waals surface area contributed by atoms with Crippen molar-refractivity contribution in [3.8, 4) is 11.5 Å². The van der Waals surface area contributed by atoms with Crippen LogP contribution >= 0.6 is 11.3 Å². The molecule has 3 aromatic rings. The van der Waals surface area contributed by atoms with Crippen molar-refractivity contribution in [2.24, 2.45) is 0 Å². The van der Waals surface area contributed by atoms with Gasteiger partial charge in [-0.25, -0.2) is 19.6 Å².